The SMILES string of the molecule is C1=CN2CC=CC2=CN=C1. The zero-order valence-corrected chi connectivity index (χ0v) is 5.57. The van der Waals surface area contributed by atoms with Gasteiger partial charge in [0, 0.05) is 19.0 Å². The van der Waals surface area contributed by atoms with Crippen molar-refractivity contribution in [3.8, 4) is 0 Å². The molecule has 2 aliphatic heterocycles. The average Bonchev–Trinajstić information content (AvgIpc) is 2.28. The lowest BCUT2D eigenvalue weighted by molar-refractivity contribution is 0.556. The monoisotopic (exact) mass is 132 g/mol. The summed E-state index contributed by atoms with van der Waals surface area (Å²) in [5, 5.41) is 0. The number of rotatable bonds is 0. The molecule has 0 fully saturated rings. The molecule has 0 spiro atoms. The van der Waals surface area contributed by atoms with Crippen molar-refractivity contribution in [3.05, 3.63) is 36.3 Å². The van der Waals surface area contributed by atoms with Gasteiger partial charge in [-0.2, -0.15) is 0 Å². The van der Waals surface area contributed by atoms with Crippen molar-refractivity contribution in [2.75, 3.05) is 6.54 Å². The predicted octanol–water partition coefficient (Wildman–Crippen LogP) is 1.30. The molecule has 2 aliphatic rings. The Hall–Kier alpha value is -1.31. The van der Waals surface area contributed by atoms with E-state index in [1.54, 1.807) is 6.21 Å². The van der Waals surface area contributed by atoms with E-state index in [9.17, 15) is 0 Å². The molecule has 2 heterocycles. The maximum Gasteiger partial charge on any atom is 0.0592 e. The molecule has 0 atom stereocenters. The van der Waals surface area contributed by atoms with E-state index in [0.29, 0.717) is 0 Å². The zero-order chi connectivity index (χ0) is 6.81. The number of hydrogen-bond acceptors (Lipinski definition) is 2. The first kappa shape index (κ1) is 5.47. The molecule has 2 rings (SSSR count). The average molecular weight is 132 g/mol. The molecule has 0 saturated carbocycles. The summed E-state index contributed by atoms with van der Waals surface area (Å²) >= 11 is 0. The summed E-state index contributed by atoms with van der Waals surface area (Å²) in [6.07, 6.45) is 11.8. The van der Waals surface area contributed by atoms with Crippen molar-refractivity contribution in [2.24, 2.45) is 4.99 Å². The molecule has 2 nitrogen and oxygen atoms in total. The first-order valence-corrected chi connectivity index (χ1v) is 3.30. The lowest BCUT2D eigenvalue weighted by atomic mass is 10.5. The molecule has 0 radical (unpaired) electrons. The fraction of sp³-hybridized carbons (Fsp3) is 0.125. The molecular weight excluding hydrogens is 124 g/mol. The number of aliphatic imine (C=N–C) groups is 1. The summed E-state index contributed by atoms with van der Waals surface area (Å²) in [4.78, 5) is 6.19. The Bertz CT molecular complexity index is 246. The van der Waals surface area contributed by atoms with Gasteiger partial charge in [0.2, 0.25) is 0 Å². The fourth-order valence-corrected chi connectivity index (χ4v) is 1.06. The maximum absolute atomic E-state index is 4.05. The van der Waals surface area contributed by atoms with Crippen molar-refractivity contribution in [1.29, 1.82) is 0 Å². The highest BCUT2D eigenvalue weighted by molar-refractivity contribution is 5.72. The number of allylic oxidation sites excluding steroid dienone is 2. The van der Waals surface area contributed by atoms with Crippen LogP contribution in [0.2, 0.25) is 0 Å². The van der Waals surface area contributed by atoms with E-state index in [0.717, 1.165) is 6.54 Å². The van der Waals surface area contributed by atoms with Gasteiger partial charge in [0.05, 0.1) is 11.9 Å². The smallest absolute Gasteiger partial charge is 0.0592 e. The van der Waals surface area contributed by atoms with Gasteiger partial charge in [-0.1, -0.05) is 6.08 Å². The third-order valence-electron chi connectivity index (χ3n) is 1.57. The van der Waals surface area contributed by atoms with Crippen molar-refractivity contribution < 1.29 is 0 Å². The van der Waals surface area contributed by atoms with Crippen molar-refractivity contribution in [1.82, 2.24) is 4.90 Å². The normalized spacial score (nSPS) is 20.8. The minimum absolute atomic E-state index is 0.978. The van der Waals surface area contributed by atoms with E-state index >= 15 is 0 Å². The molecule has 0 aromatic rings. The van der Waals surface area contributed by atoms with Crippen LogP contribution in [-0.2, 0) is 0 Å². The standard InChI is InChI=1S/C8H8N2/c1-3-8-7-9-4-2-6-10(8)5-1/h1-4,6-7H,5H2. The Labute approximate surface area is 59.9 Å². The summed E-state index contributed by atoms with van der Waals surface area (Å²) < 4.78 is 0. The van der Waals surface area contributed by atoms with Crippen LogP contribution < -0.4 is 0 Å². The molecule has 0 unspecified atom stereocenters. The number of nitrogens with zero attached hydrogens (tertiary/aromatic N) is 2. The summed E-state index contributed by atoms with van der Waals surface area (Å²) in [6.45, 7) is 0.978. The topological polar surface area (TPSA) is 15.6 Å². The Kier molecular flexibility index (Phi) is 1.17. The van der Waals surface area contributed by atoms with Crippen LogP contribution in [0.25, 0.3) is 0 Å². The summed E-state index contributed by atoms with van der Waals surface area (Å²) in [6, 6.07) is 0. The lowest BCUT2D eigenvalue weighted by Gasteiger charge is -2.11. The predicted molar refractivity (Wildman–Crippen MR) is 41.6 cm³/mol. The molecule has 0 N–H and O–H groups in total. The Morgan fingerprint density at radius 3 is 3.50 bits per heavy atom. The molecule has 0 bridgehead atoms. The van der Waals surface area contributed by atoms with Gasteiger partial charge in [0.25, 0.3) is 0 Å². The van der Waals surface area contributed by atoms with Crippen LogP contribution in [0.3, 0.4) is 0 Å². The highest BCUT2D eigenvalue weighted by Gasteiger charge is 2.07. The summed E-state index contributed by atoms with van der Waals surface area (Å²) in [5.41, 5.74) is 1.17. The van der Waals surface area contributed by atoms with Crippen LogP contribution in [0.15, 0.2) is 41.3 Å². The van der Waals surface area contributed by atoms with Gasteiger partial charge in [0.15, 0.2) is 0 Å². The molecule has 0 amide bonds. The minimum atomic E-state index is 0.978. The van der Waals surface area contributed by atoms with Crippen LogP contribution in [0.1, 0.15) is 0 Å². The van der Waals surface area contributed by atoms with E-state index in [-0.39, 0.29) is 0 Å². The van der Waals surface area contributed by atoms with Crippen molar-refractivity contribution in [3.63, 3.8) is 0 Å². The molecule has 2 heteroatoms. The Balaban J connectivity index is 2.36. The third-order valence-corrected chi connectivity index (χ3v) is 1.57. The van der Waals surface area contributed by atoms with Crippen LogP contribution in [-0.4, -0.2) is 17.7 Å². The zero-order valence-electron chi connectivity index (χ0n) is 5.57. The van der Waals surface area contributed by atoms with E-state index in [1.807, 2.05) is 18.5 Å². The van der Waals surface area contributed by atoms with Crippen molar-refractivity contribution in [2.45, 2.75) is 0 Å². The fourth-order valence-electron chi connectivity index (χ4n) is 1.06. The highest BCUT2D eigenvalue weighted by Crippen LogP contribution is 2.14. The molecule has 0 aromatic heterocycles. The second-order valence-corrected chi connectivity index (χ2v) is 2.25. The van der Waals surface area contributed by atoms with Gasteiger partial charge in [0.1, 0.15) is 0 Å². The van der Waals surface area contributed by atoms with Gasteiger partial charge < -0.3 is 4.90 Å². The quantitative estimate of drug-likeness (QED) is 0.485. The van der Waals surface area contributed by atoms with Crippen LogP contribution >= 0.6 is 0 Å². The number of fused-ring (bicyclic) bond motifs is 1. The summed E-state index contributed by atoms with van der Waals surface area (Å²) in [7, 11) is 0. The van der Waals surface area contributed by atoms with E-state index in [4.69, 9.17) is 0 Å². The third kappa shape index (κ3) is 0.778. The molecule has 0 aliphatic carbocycles. The minimum Gasteiger partial charge on any atom is -0.343 e. The van der Waals surface area contributed by atoms with Crippen LogP contribution in [0, 0.1) is 0 Å². The van der Waals surface area contributed by atoms with Gasteiger partial charge in [-0.15, -0.1) is 0 Å². The second kappa shape index (κ2) is 2.14. The van der Waals surface area contributed by atoms with Gasteiger partial charge in [-0.25, -0.2) is 0 Å². The molecule has 0 aromatic carbocycles. The largest absolute Gasteiger partial charge is 0.343 e. The summed E-state index contributed by atoms with van der Waals surface area (Å²) in [5.74, 6) is 0. The van der Waals surface area contributed by atoms with Gasteiger partial charge in [-0.3, -0.25) is 4.99 Å². The first-order valence-electron chi connectivity index (χ1n) is 3.30. The van der Waals surface area contributed by atoms with Crippen LogP contribution in [0.5, 0.6) is 0 Å². The van der Waals surface area contributed by atoms with Crippen LogP contribution in [0.4, 0.5) is 0 Å². The molecule has 0 saturated heterocycles. The Morgan fingerprint density at radius 2 is 2.50 bits per heavy atom. The second-order valence-electron chi connectivity index (χ2n) is 2.25. The first-order chi connectivity index (χ1) is 4.97. The molecule has 50 valence electrons. The lowest BCUT2D eigenvalue weighted by Crippen LogP contribution is -2.08. The van der Waals surface area contributed by atoms with E-state index in [1.165, 1.54) is 5.70 Å². The number of hydrogen-bond donors (Lipinski definition) is 0. The van der Waals surface area contributed by atoms with Gasteiger partial charge in [-0.05, 0) is 12.2 Å². The molecular formula is C8H8N2. The maximum atomic E-state index is 4.05. The van der Waals surface area contributed by atoms with Gasteiger partial charge >= 0.3 is 0 Å². The highest BCUT2D eigenvalue weighted by atomic mass is 15.1. The van der Waals surface area contributed by atoms with Crippen molar-refractivity contribution >= 4 is 6.21 Å². The van der Waals surface area contributed by atoms with E-state index < -0.39 is 0 Å². The molecule has 10 heavy (non-hydrogen) atoms. The van der Waals surface area contributed by atoms with E-state index in [2.05, 4.69) is 22.0 Å². The Morgan fingerprint density at radius 1 is 1.50 bits per heavy atom.